The number of nitro groups is 1. The Morgan fingerprint density at radius 1 is 1.18 bits per heavy atom. The summed E-state index contributed by atoms with van der Waals surface area (Å²) in [5.74, 6) is 1.65. The first kappa shape index (κ1) is 20.8. The van der Waals surface area contributed by atoms with E-state index in [9.17, 15) is 28.1 Å². The minimum absolute atomic E-state index is 0.106. The van der Waals surface area contributed by atoms with E-state index in [4.69, 9.17) is 15.9 Å². The number of carbonyl (C=O) groups is 1. The van der Waals surface area contributed by atoms with Crippen LogP contribution in [0.2, 0.25) is 0 Å². The minimum atomic E-state index is -4.45. The molecule has 0 spiro atoms. The monoisotopic (exact) mass is 393 g/mol. The van der Waals surface area contributed by atoms with E-state index < -0.39 is 22.6 Å². The third-order valence-corrected chi connectivity index (χ3v) is 3.59. The summed E-state index contributed by atoms with van der Waals surface area (Å²) in [5, 5.41) is 10.8. The molecule has 0 heterocycles. The molecule has 0 aliphatic heterocycles. The van der Waals surface area contributed by atoms with E-state index in [-0.39, 0.29) is 31.1 Å². The number of halogens is 3. The molecule has 0 aromatic heterocycles. The molecule has 0 atom stereocenters. The SMILES string of the molecule is C#CCOc1cc([N+](=O)[O-])ccc1COC(=O)Cc1ccc(C(F)(F)F)cc1. The lowest BCUT2D eigenvalue weighted by Gasteiger charge is -2.11. The van der Waals surface area contributed by atoms with Gasteiger partial charge in [-0.25, -0.2) is 0 Å². The fourth-order valence-electron chi connectivity index (χ4n) is 2.22. The first-order chi connectivity index (χ1) is 13.2. The predicted octanol–water partition coefficient (Wildman–Crippen LogP) is 3.91. The highest BCUT2D eigenvalue weighted by Gasteiger charge is 2.30. The van der Waals surface area contributed by atoms with Crippen molar-refractivity contribution in [3.8, 4) is 18.1 Å². The average molecular weight is 393 g/mol. The molecule has 0 N–H and O–H groups in total. The number of nitro benzene ring substituents is 1. The second-order valence-corrected chi connectivity index (χ2v) is 5.57. The van der Waals surface area contributed by atoms with Gasteiger partial charge in [-0.05, 0) is 23.8 Å². The zero-order valence-corrected chi connectivity index (χ0v) is 14.4. The molecule has 0 aliphatic carbocycles. The number of alkyl halides is 3. The van der Waals surface area contributed by atoms with Gasteiger partial charge < -0.3 is 9.47 Å². The Balaban J connectivity index is 2.02. The molecular formula is C19H14F3NO5. The Bertz CT molecular complexity index is 901. The van der Waals surface area contributed by atoms with Gasteiger partial charge in [0, 0.05) is 11.6 Å². The molecule has 0 saturated heterocycles. The lowest BCUT2D eigenvalue weighted by Crippen LogP contribution is -2.10. The summed E-state index contributed by atoms with van der Waals surface area (Å²) in [5.41, 5.74) is -0.315. The zero-order valence-electron chi connectivity index (χ0n) is 14.4. The van der Waals surface area contributed by atoms with Crippen molar-refractivity contribution >= 4 is 11.7 Å². The van der Waals surface area contributed by atoms with Gasteiger partial charge in [0.25, 0.3) is 5.69 Å². The van der Waals surface area contributed by atoms with E-state index >= 15 is 0 Å². The van der Waals surface area contributed by atoms with Crippen molar-refractivity contribution in [2.75, 3.05) is 6.61 Å². The number of ether oxygens (including phenoxy) is 2. The maximum atomic E-state index is 12.5. The first-order valence-corrected chi connectivity index (χ1v) is 7.86. The lowest BCUT2D eigenvalue weighted by molar-refractivity contribution is -0.385. The Morgan fingerprint density at radius 2 is 1.86 bits per heavy atom. The van der Waals surface area contributed by atoms with Crippen LogP contribution < -0.4 is 4.74 Å². The third-order valence-electron chi connectivity index (χ3n) is 3.59. The van der Waals surface area contributed by atoms with Gasteiger partial charge in [-0.15, -0.1) is 6.42 Å². The van der Waals surface area contributed by atoms with E-state index in [1.54, 1.807) is 0 Å². The number of carbonyl (C=O) groups excluding carboxylic acids is 1. The fraction of sp³-hybridized carbons (Fsp3) is 0.211. The van der Waals surface area contributed by atoms with Gasteiger partial charge in [0.1, 0.15) is 19.0 Å². The van der Waals surface area contributed by atoms with Crippen molar-refractivity contribution < 1.29 is 32.4 Å². The molecule has 2 aromatic carbocycles. The minimum Gasteiger partial charge on any atom is -0.480 e. The van der Waals surface area contributed by atoms with Crippen molar-refractivity contribution in [1.29, 1.82) is 0 Å². The number of hydrogen-bond donors (Lipinski definition) is 0. The zero-order chi connectivity index (χ0) is 20.7. The second kappa shape index (κ2) is 8.90. The predicted molar refractivity (Wildman–Crippen MR) is 92.4 cm³/mol. The number of esters is 1. The van der Waals surface area contributed by atoms with E-state index in [1.807, 2.05) is 0 Å². The molecule has 0 radical (unpaired) electrons. The highest BCUT2D eigenvalue weighted by atomic mass is 19.4. The molecule has 2 aromatic rings. The molecule has 0 amide bonds. The molecule has 0 aliphatic rings. The second-order valence-electron chi connectivity index (χ2n) is 5.57. The van der Waals surface area contributed by atoms with Crippen molar-refractivity contribution in [2.24, 2.45) is 0 Å². The standard InChI is InChI=1S/C19H14F3NO5/c1-2-9-27-17-11-16(23(25)26)8-5-14(17)12-28-18(24)10-13-3-6-15(7-4-13)19(20,21)22/h1,3-8,11H,9-10,12H2. The lowest BCUT2D eigenvalue weighted by atomic mass is 10.1. The highest BCUT2D eigenvalue weighted by molar-refractivity contribution is 5.72. The third kappa shape index (κ3) is 5.74. The molecular weight excluding hydrogens is 379 g/mol. The van der Waals surface area contributed by atoms with Crippen molar-refractivity contribution in [3.05, 3.63) is 69.3 Å². The quantitative estimate of drug-likeness (QED) is 0.308. The summed E-state index contributed by atoms with van der Waals surface area (Å²) in [6.45, 7) is -0.370. The fourth-order valence-corrected chi connectivity index (χ4v) is 2.22. The summed E-state index contributed by atoms with van der Waals surface area (Å²) in [4.78, 5) is 22.2. The first-order valence-electron chi connectivity index (χ1n) is 7.86. The van der Waals surface area contributed by atoms with Crippen LogP contribution in [0.3, 0.4) is 0 Å². The number of benzene rings is 2. The topological polar surface area (TPSA) is 78.7 Å². The smallest absolute Gasteiger partial charge is 0.416 e. The van der Waals surface area contributed by atoms with Crippen LogP contribution in [-0.2, 0) is 28.7 Å². The molecule has 6 nitrogen and oxygen atoms in total. The highest BCUT2D eigenvalue weighted by Crippen LogP contribution is 2.29. The number of terminal acetylenes is 1. The van der Waals surface area contributed by atoms with E-state index in [2.05, 4.69) is 5.92 Å². The summed E-state index contributed by atoms with van der Waals surface area (Å²) in [6, 6.07) is 7.90. The van der Waals surface area contributed by atoms with Gasteiger partial charge in [0.05, 0.1) is 23.0 Å². The summed E-state index contributed by atoms with van der Waals surface area (Å²) < 4.78 is 47.9. The van der Waals surface area contributed by atoms with Crippen LogP contribution in [0.1, 0.15) is 16.7 Å². The van der Waals surface area contributed by atoms with Gasteiger partial charge in [-0.1, -0.05) is 18.1 Å². The molecule has 28 heavy (non-hydrogen) atoms. The van der Waals surface area contributed by atoms with Crippen molar-refractivity contribution in [3.63, 3.8) is 0 Å². The molecule has 0 unspecified atom stereocenters. The molecule has 0 saturated carbocycles. The largest absolute Gasteiger partial charge is 0.480 e. The maximum Gasteiger partial charge on any atom is 0.416 e. The number of nitrogens with zero attached hydrogens (tertiary/aromatic N) is 1. The maximum absolute atomic E-state index is 12.5. The molecule has 2 rings (SSSR count). The molecule has 9 heteroatoms. The van der Waals surface area contributed by atoms with Crippen LogP contribution >= 0.6 is 0 Å². The number of hydrogen-bond acceptors (Lipinski definition) is 5. The van der Waals surface area contributed by atoms with Gasteiger partial charge in [0.2, 0.25) is 0 Å². The Morgan fingerprint density at radius 3 is 2.43 bits per heavy atom. The summed E-state index contributed by atoms with van der Waals surface area (Å²) in [6.07, 6.45) is 0.420. The van der Waals surface area contributed by atoms with Crippen LogP contribution in [0.4, 0.5) is 18.9 Å². The van der Waals surface area contributed by atoms with Gasteiger partial charge in [0.15, 0.2) is 0 Å². The van der Waals surface area contributed by atoms with E-state index in [0.29, 0.717) is 11.1 Å². The van der Waals surface area contributed by atoms with Crippen LogP contribution in [0.25, 0.3) is 0 Å². The van der Waals surface area contributed by atoms with Crippen LogP contribution in [0, 0.1) is 22.5 Å². The summed E-state index contributed by atoms with van der Waals surface area (Å²) >= 11 is 0. The van der Waals surface area contributed by atoms with Gasteiger partial charge >= 0.3 is 12.1 Å². The van der Waals surface area contributed by atoms with Gasteiger partial charge in [-0.3, -0.25) is 14.9 Å². The van der Waals surface area contributed by atoms with Crippen molar-refractivity contribution in [2.45, 2.75) is 19.2 Å². The van der Waals surface area contributed by atoms with Crippen LogP contribution in [-0.4, -0.2) is 17.5 Å². The number of rotatable bonds is 7. The van der Waals surface area contributed by atoms with Crippen LogP contribution in [0.5, 0.6) is 5.75 Å². The normalized spacial score (nSPS) is 10.8. The molecule has 146 valence electrons. The Hall–Kier alpha value is -3.54. The van der Waals surface area contributed by atoms with Crippen LogP contribution in [0.15, 0.2) is 42.5 Å². The summed E-state index contributed by atoms with van der Waals surface area (Å²) in [7, 11) is 0. The molecule has 0 fully saturated rings. The van der Waals surface area contributed by atoms with Gasteiger partial charge in [-0.2, -0.15) is 13.2 Å². The van der Waals surface area contributed by atoms with Crippen molar-refractivity contribution in [1.82, 2.24) is 0 Å². The Kier molecular flexibility index (Phi) is 6.60. The molecule has 0 bridgehead atoms. The average Bonchev–Trinajstić information content (AvgIpc) is 2.64. The Labute approximate surface area is 158 Å². The van der Waals surface area contributed by atoms with E-state index in [1.165, 1.54) is 24.3 Å². The van der Waals surface area contributed by atoms with E-state index in [0.717, 1.165) is 18.2 Å². The number of non-ortho nitro benzene ring substituents is 1.